The molecule has 0 spiro atoms. The smallest absolute Gasteiger partial charge is 0.323 e. The van der Waals surface area contributed by atoms with Crippen LogP contribution in [0.4, 0.5) is 0 Å². The molecule has 0 radical (unpaired) electrons. The Morgan fingerprint density at radius 3 is 2.74 bits per heavy atom. The lowest BCUT2D eigenvalue weighted by molar-refractivity contribution is -0.144. The molecule has 0 saturated heterocycles. The van der Waals surface area contributed by atoms with Gasteiger partial charge in [-0.3, -0.25) is 10.1 Å². The number of carboxylic acids is 1. The summed E-state index contributed by atoms with van der Waals surface area (Å²) in [6.45, 7) is 5.63. The average Bonchev–Trinajstić information content (AvgIpc) is 2.27. The maximum absolute atomic E-state index is 11.4. The van der Waals surface area contributed by atoms with E-state index in [1.54, 1.807) is 18.7 Å². The zero-order valence-corrected chi connectivity index (χ0v) is 13.0. The highest BCUT2D eigenvalue weighted by Gasteiger charge is 2.32. The largest absolute Gasteiger partial charge is 0.480 e. The second-order valence-electron chi connectivity index (χ2n) is 4.99. The van der Waals surface area contributed by atoms with E-state index >= 15 is 0 Å². The van der Waals surface area contributed by atoms with Gasteiger partial charge in [0.15, 0.2) is 0 Å². The quantitative estimate of drug-likeness (QED) is 0.755. The molecular formula is C14H20ClNO2S. The van der Waals surface area contributed by atoms with Gasteiger partial charge in [-0.15, -0.1) is 11.8 Å². The molecule has 1 aromatic rings. The first kappa shape index (κ1) is 16.3. The third-order valence-electron chi connectivity index (χ3n) is 2.75. The van der Waals surface area contributed by atoms with E-state index in [1.165, 1.54) is 0 Å². The Labute approximate surface area is 123 Å². The molecule has 0 fully saturated rings. The summed E-state index contributed by atoms with van der Waals surface area (Å²) < 4.78 is 0. The molecule has 3 nitrogen and oxygen atoms in total. The van der Waals surface area contributed by atoms with E-state index in [9.17, 15) is 9.90 Å². The minimum absolute atomic E-state index is 0.136. The number of hydrogen-bond acceptors (Lipinski definition) is 3. The van der Waals surface area contributed by atoms with E-state index in [1.807, 2.05) is 38.1 Å². The van der Waals surface area contributed by atoms with Crippen molar-refractivity contribution in [2.45, 2.75) is 43.7 Å². The summed E-state index contributed by atoms with van der Waals surface area (Å²) in [5.41, 5.74) is -0.889. The van der Waals surface area contributed by atoms with Crippen molar-refractivity contribution in [2.24, 2.45) is 0 Å². The number of carbonyl (C=O) groups is 1. The van der Waals surface area contributed by atoms with Gasteiger partial charge >= 0.3 is 5.97 Å². The van der Waals surface area contributed by atoms with Crippen molar-refractivity contribution in [1.29, 1.82) is 0 Å². The van der Waals surface area contributed by atoms with Gasteiger partial charge in [-0.05, 0) is 45.4 Å². The molecule has 1 atom stereocenters. The summed E-state index contributed by atoms with van der Waals surface area (Å²) in [6, 6.07) is 7.73. The highest BCUT2D eigenvalue weighted by molar-refractivity contribution is 7.99. The minimum Gasteiger partial charge on any atom is -0.480 e. The van der Waals surface area contributed by atoms with Crippen LogP contribution in [0.1, 0.15) is 27.2 Å². The van der Waals surface area contributed by atoms with Crippen molar-refractivity contribution >= 4 is 29.3 Å². The second-order valence-corrected chi connectivity index (χ2v) is 6.60. The predicted octanol–water partition coefficient (Wildman–Crippen LogP) is 3.66. The molecule has 0 heterocycles. The van der Waals surface area contributed by atoms with Gasteiger partial charge in [-0.2, -0.15) is 0 Å². The molecule has 0 aliphatic heterocycles. The Hall–Kier alpha value is -0.710. The van der Waals surface area contributed by atoms with Crippen LogP contribution in [0, 0.1) is 0 Å². The number of hydrogen-bond donors (Lipinski definition) is 2. The first-order valence-corrected chi connectivity index (χ1v) is 7.59. The highest BCUT2D eigenvalue weighted by atomic mass is 35.5. The molecule has 0 aliphatic rings. The van der Waals surface area contributed by atoms with Crippen LogP contribution in [0.5, 0.6) is 0 Å². The molecule has 0 aliphatic carbocycles. The van der Waals surface area contributed by atoms with Gasteiger partial charge in [-0.25, -0.2) is 0 Å². The molecule has 19 heavy (non-hydrogen) atoms. The van der Waals surface area contributed by atoms with Crippen molar-refractivity contribution in [1.82, 2.24) is 5.32 Å². The van der Waals surface area contributed by atoms with Gasteiger partial charge in [0, 0.05) is 21.7 Å². The Bertz CT molecular complexity index is 439. The zero-order chi connectivity index (χ0) is 14.5. The number of carboxylic acid groups (broad SMARTS) is 1. The van der Waals surface area contributed by atoms with Gasteiger partial charge in [-0.1, -0.05) is 17.7 Å². The van der Waals surface area contributed by atoms with Crippen LogP contribution in [-0.4, -0.2) is 28.4 Å². The second kappa shape index (κ2) is 7.17. The summed E-state index contributed by atoms with van der Waals surface area (Å²) in [4.78, 5) is 12.4. The summed E-state index contributed by atoms with van der Waals surface area (Å²) in [6.07, 6.45) is 0.553. The lowest BCUT2D eigenvalue weighted by Gasteiger charge is -2.28. The monoisotopic (exact) mass is 301 g/mol. The van der Waals surface area contributed by atoms with E-state index in [2.05, 4.69) is 5.32 Å². The van der Waals surface area contributed by atoms with E-state index in [-0.39, 0.29) is 6.04 Å². The number of thioether (sulfide) groups is 1. The number of halogens is 1. The fourth-order valence-electron chi connectivity index (χ4n) is 1.81. The topological polar surface area (TPSA) is 49.3 Å². The van der Waals surface area contributed by atoms with Gasteiger partial charge in [0.25, 0.3) is 0 Å². The Morgan fingerprint density at radius 1 is 1.53 bits per heavy atom. The summed E-state index contributed by atoms with van der Waals surface area (Å²) in [5.74, 6) is -0.0871. The predicted molar refractivity (Wildman–Crippen MR) is 81.1 cm³/mol. The van der Waals surface area contributed by atoms with Gasteiger partial charge in [0.2, 0.25) is 0 Å². The first-order chi connectivity index (χ1) is 8.83. The van der Waals surface area contributed by atoms with Crippen LogP contribution in [0.2, 0.25) is 5.02 Å². The summed E-state index contributed by atoms with van der Waals surface area (Å²) >= 11 is 7.53. The van der Waals surface area contributed by atoms with Crippen LogP contribution in [0.3, 0.4) is 0 Å². The molecule has 0 amide bonds. The Morgan fingerprint density at radius 2 is 2.21 bits per heavy atom. The molecular weight excluding hydrogens is 282 g/mol. The third-order valence-corrected chi connectivity index (χ3v) is 3.98. The van der Waals surface area contributed by atoms with Crippen molar-refractivity contribution in [2.75, 3.05) is 5.75 Å². The highest BCUT2D eigenvalue weighted by Crippen LogP contribution is 2.24. The van der Waals surface area contributed by atoms with Crippen LogP contribution >= 0.6 is 23.4 Å². The van der Waals surface area contributed by atoms with E-state index in [0.717, 1.165) is 10.6 Å². The summed E-state index contributed by atoms with van der Waals surface area (Å²) in [5, 5.41) is 13.1. The zero-order valence-electron chi connectivity index (χ0n) is 11.4. The Kier molecular flexibility index (Phi) is 6.17. The molecule has 0 aromatic heterocycles. The molecule has 1 aromatic carbocycles. The average molecular weight is 302 g/mol. The fourth-order valence-corrected chi connectivity index (χ4v) is 3.19. The molecule has 5 heteroatoms. The van der Waals surface area contributed by atoms with Crippen LogP contribution < -0.4 is 5.32 Å². The molecule has 2 N–H and O–H groups in total. The Balaban J connectivity index is 2.56. The molecule has 1 rings (SSSR count). The fraction of sp³-hybridized carbons (Fsp3) is 0.500. The standard InChI is InChI=1S/C14H20ClNO2S/c1-10(2)16-14(3,13(17)18)7-8-19-12-6-4-5-11(15)9-12/h4-6,9-10,16H,7-8H2,1-3H3,(H,17,18). The molecule has 0 saturated carbocycles. The normalized spacial score (nSPS) is 14.4. The van der Waals surface area contributed by atoms with Gasteiger partial charge < -0.3 is 5.11 Å². The third kappa shape index (κ3) is 5.43. The van der Waals surface area contributed by atoms with Crippen molar-refractivity contribution < 1.29 is 9.90 Å². The summed E-state index contributed by atoms with van der Waals surface area (Å²) in [7, 11) is 0. The SMILES string of the molecule is CC(C)NC(C)(CCSc1cccc(Cl)c1)C(=O)O. The number of nitrogens with one attached hydrogen (secondary N) is 1. The number of aliphatic carboxylic acids is 1. The molecule has 1 unspecified atom stereocenters. The minimum atomic E-state index is -0.889. The van der Waals surface area contributed by atoms with Crippen LogP contribution in [0.25, 0.3) is 0 Å². The molecule has 0 bridgehead atoms. The van der Waals surface area contributed by atoms with Gasteiger partial charge in [0.05, 0.1) is 0 Å². The van der Waals surface area contributed by atoms with E-state index in [0.29, 0.717) is 11.4 Å². The van der Waals surface area contributed by atoms with Crippen LogP contribution in [0.15, 0.2) is 29.2 Å². The lowest BCUT2D eigenvalue weighted by atomic mass is 9.98. The maximum Gasteiger partial charge on any atom is 0.323 e. The number of benzene rings is 1. The maximum atomic E-state index is 11.4. The van der Waals surface area contributed by atoms with Crippen LogP contribution in [-0.2, 0) is 4.79 Å². The van der Waals surface area contributed by atoms with E-state index in [4.69, 9.17) is 11.6 Å². The number of rotatable bonds is 7. The lowest BCUT2D eigenvalue weighted by Crippen LogP contribution is -2.52. The molecule has 106 valence electrons. The first-order valence-electron chi connectivity index (χ1n) is 6.23. The van der Waals surface area contributed by atoms with E-state index < -0.39 is 11.5 Å². The van der Waals surface area contributed by atoms with Gasteiger partial charge in [0.1, 0.15) is 5.54 Å². The van der Waals surface area contributed by atoms with Crippen molar-refractivity contribution in [3.05, 3.63) is 29.3 Å². The van der Waals surface area contributed by atoms with Crippen molar-refractivity contribution in [3.8, 4) is 0 Å². The van der Waals surface area contributed by atoms with Crippen molar-refractivity contribution in [3.63, 3.8) is 0 Å².